The molecule has 6 nitrogen and oxygen atoms in total. The number of nitrogens with zero attached hydrogens (tertiary/aromatic N) is 1. The van der Waals surface area contributed by atoms with Crippen LogP contribution in [-0.2, 0) is 11.3 Å². The minimum absolute atomic E-state index is 0.00566. The molecule has 1 heterocycles. The molecule has 1 aromatic carbocycles. The first-order chi connectivity index (χ1) is 12.5. The lowest BCUT2D eigenvalue weighted by Gasteiger charge is -2.13. The van der Waals surface area contributed by atoms with Gasteiger partial charge in [-0.15, -0.1) is 0 Å². The van der Waals surface area contributed by atoms with Crippen LogP contribution in [0.5, 0.6) is 5.88 Å². The number of anilines is 1. The molecule has 0 saturated heterocycles. The Morgan fingerprint density at radius 3 is 2.77 bits per heavy atom. The molecule has 26 heavy (non-hydrogen) atoms. The summed E-state index contributed by atoms with van der Waals surface area (Å²) in [5.41, 5.74) is 1.95. The number of carbonyl (C=O) groups excluding carboxylic acids is 2. The standard InChI is InChI=1S/C20H23N3O3/c1-13(2)26-20-16(6-4-10-21-20)12-22-18(24)15-5-3-7-17(11-15)23-19(25)14-8-9-14/h3-7,10-11,13-14H,8-9,12H2,1-2H3,(H,22,24)(H,23,25). The molecule has 1 aromatic heterocycles. The molecule has 2 N–H and O–H groups in total. The van der Waals surface area contributed by atoms with Crippen LogP contribution < -0.4 is 15.4 Å². The average Bonchev–Trinajstić information content (AvgIpc) is 3.45. The van der Waals surface area contributed by atoms with Crippen molar-refractivity contribution >= 4 is 17.5 Å². The maximum Gasteiger partial charge on any atom is 0.251 e. The predicted molar refractivity (Wildman–Crippen MR) is 99.0 cm³/mol. The van der Waals surface area contributed by atoms with E-state index >= 15 is 0 Å². The number of aromatic nitrogens is 1. The van der Waals surface area contributed by atoms with Gasteiger partial charge < -0.3 is 15.4 Å². The Morgan fingerprint density at radius 2 is 2.04 bits per heavy atom. The van der Waals surface area contributed by atoms with Gasteiger partial charge in [0, 0.05) is 35.5 Å². The largest absolute Gasteiger partial charge is 0.475 e. The van der Waals surface area contributed by atoms with E-state index in [4.69, 9.17) is 4.74 Å². The Labute approximate surface area is 153 Å². The average molecular weight is 353 g/mol. The van der Waals surface area contributed by atoms with Crippen LogP contribution >= 0.6 is 0 Å². The molecule has 2 amide bonds. The van der Waals surface area contributed by atoms with Crippen LogP contribution in [0.2, 0.25) is 0 Å². The highest BCUT2D eigenvalue weighted by molar-refractivity contribution is 5.98. The van der Waals surface area contributed by atoms with E-state index in [0.29, 0.717) is 23.7 Å². The zero-order chi connectivity index (χ0) is 18.5. The molecule has 2 aromatic rings. The molecule has 0 spiro atoms. The molecule has 0 radical (unpaired) electrons. The number of hydrogen-bond donors (Lipinski definition) is 2. The summed E-state index contributed by atoms with van der Waals surface area (Å²) >= 11 is 0. The molecular weight excluding hydrogens is 330 g/mol. The lowest BCUT2D eigenvalue weighted by molar-refractivity contribution is -0.117. The van der Waals surface area contributed by atoms with Crippen molar-refractivity contribution in [3.63, 3.8) is 0 Å². The molecule has 1 aliphatic rings. The third-order valence-electron chi connectivity index (χ3n) is 3.98. The molecule has 3 rings (SSSR count). The maximum absolute atomic E-state index is 12.5. The molecule has 136 valence electrons. The van der Waals surface area contributed by atoms with Gasteiger partial charge in [0.15, 0.2) is 0 Å². The van der Waals surface area contributed by atoms with E-state index < -0.39 is 0 Å². The number of benzene rings is 1. The summed E-state index contributed by atoms with van der Waals surface area (Å²) in [6.07, 6.45) is 3.55. The number of nitrogens with one attached hydrogen (secondary N) is 2. The van der Waals surface area contributed by atoms with E-state index in [1.807, 2.05) is 26.0 Å². The summed E-state index contributed by atoms with van der Waals surface area (Å²) < 4.78 is 5.66. The zero-order valence-corrected chi connectivity index (χ0v) is 15.0. The van der Waals surface area contributed by atoms with Crippen molar-refractivity contribution in [3.05, 3.63) is 53.7 Å². The Kier molecular flexibility index (Phi) is 5.51. The molecule has 6 heteroatoms. The summed E-state index contributed by atoms with van der Waals surface area (Å²) in [4.78, 5) is 28.5. The highest BCUT2D eigenvalue weighted by Crippen LogP contribution is 2.30. The van der Waals surface area contributed by atoms with E-state index in [1.165, 1.54) is 0 Å². The normalized spacial score (nSPS) is 13.3. The van der Waals surface area contributed by atoms with Crippen LogP contribution in [0.4, 0.5) is 5.69 Å². The third kappa shape index (κ3) is 4.81. The Morgan fingerprint density at radius 1 is 1.23 bits per heavy atom. The molecule has 0 atom stereocenters. The van der Waals surface area contributed by atoms with E-state index in [1.54, 1.807) is 30.5 Å². The highest BCUT2D eigenvalue weighted by Gasteiger charge is 2.29. The minimum Gasteiger partial charge on any atom is -0.475 e. The summed E-state index contributed by atoms with van der Waals surface area (Å²) in [5, 5.41) is 5.73. The van der Waals surface area contributed by atoms with Gasteiger partial charge in [-0.3, -0.25) is 9.59 Å². The highest BCUT2D eigenvalue weighted by atomic mass is 16.5. The fraction of sp³-hybridized carbons (Fsp3) is 0.350. The van der Waals surface area contributed by atoms with Crippen LogP contribution in [0.1, 0.15) is 42.6 Å². The predicted octanol–water partition coefficient (Wildman–Crippen LogP) is 3.15. The number of ether oxygens (including phenoxy) is 1. The van der Waals surface area contributed by atoms with Crippen LogP contribution in [0, 0.1) is 5.92 Å². The molecule has 0 aliphatic heterocycles. The summed E-state index contributed by atoms with van der Waals surface area (Å²) in [5.74, 6) is 0.450. The number of carbonyl (C=O) groups is 2. The molecule has 0 unspecified atom stereocenters. The second-order valence-electron chi connectivity index (χ2n) is 6.66. The summed E-state index contributed by atoms with van der Waals surface area (Å²) in [7, 11) is 0. The second kappa shape index (κ2) is 7.99. The second-order valence-corrected chi connectivity index (χ2v) is 6.66. The van der Waals surface area contributed by atoms with Crippen LogP contribution in [0.3, 0.4) is 0 Å². The van der Waals surface area contributed by atoms with Gasteiger partial charge in [-0.05, 0) is 51.0 Å². The first-order valence-electron chi connectivity index (χ1n) is 8.82. The lowest BCUT2D eigenvalue weighted by atomic mass is 10.1. The molecule has 0 bridgehead atoms. The molecule has 1 fully saturated rings. The van der Waals surface area contributed by atoms with Crippen LogP contribution in [-0.4, -0.2) is 22.9 Å². The van der Waals surface area contributed by atoms with Crippen molar-refractivity contribution in [1.82, 2.24) is 10.3 Å². The smallest absolute Gasteiger partial charge is 0.251 e. The van der Waals surface area contributed by atoms with Crippen molar-refractivity contribution in [2.45, 2.75) is 39.3 Å². The van der Waals surface area contributed by atoms with E-state index in [0.717, 1.165) is 18.4 Å². The number of pyridine rings is 1. The van der Waals surface area contributed by atoms with Gasteiger partial charge in [-0.1, -0.05) is 12.1 Å². The van der Waals surface area contributed by atoms with Crippen LogP contribution in [0.15, 0.2) is 42.6 Å². The van der Waals surface area contributed by atoms with E-state index in [-0.39, 0.29) is 23.8 Å². The molecule has 1 aliphatic carbocycles. The Bertz CT molecular complexity index is 800. The SMILES string of the molecule is CC(C)Oc1ncccc1CNC(=O)c1cccc(NC(=O)C2CC2)c1. The molecule has 1 saturated carbocycles. The van der Waals surface area contributed by atoms with Gasteiger partial charge in [-0.25, -0.2) is 4.98 Å². The lowest BCUT2D eigenvalue weighted by Crippen LogP contribution is -2.24. The monoisotopic (exact) mass is 353 g/mol. The van der Waals surface area contributed by atoms with E-state index in [2.05, 4.69) is 15.6 Å². The quantitative estimate of drug-likeness (QED) is 0.801. The zero-order valence-electron chi connectivity index (χ0n) is 15.0. The van der Waals surface area contributed by atoms with Crippen molar-refractivity contribution in [3.8, 4) is 5.88 Å². The first-order valence-corrected chi connectivity index (χ1v) is 8.82. The third-order valence-corrected chi connectivity index (χ3v) is 3.98. The van der Waals surface area contributed by atoms with Gasteiger partial charge >= 0.3 is 0 Å². The fourth-order valence-corrected chi connectivity index (χ4v) is 2.49. The maximum atomic E-state index is 12.5. The van der Waals surface area contributed by atoms with Crippen molar-refractivity contribution in [2.24, 2.45) is 5.92 Å². The van der Waals surface area contributed by atoms with Crippen LogP contribution in [0.25, 0.3) is 0 Å². The van der Waals surface area contributed by atoms with Crippen molar-refractivity contribution < 1.29 is 14.3 Å². The van der Waals surface area contributed by atoms with E-state index in [9.17, 15) is 9.59 Å². The topological polar surface area (TPSA) is 80.3 Å². The van der Waals surface area contributed by atoms with Gasteiger partial charge in [0.05, 0.1) is 6.10 Å². The van der Waals surface area contributed by atoms with Crippen molar-refractivity contribution in [2.75, 3.05) is 5.32 Å². The fourth-order valence-electron chi connectivity index (χ4n) is 2.49. The Hall–Kier alpha value is -2.89. The molecular formula is C20H23N3O3. The first kappa shape index (κ1) is 17.9. The Balaban J connectivity index is 1.62. The summed E-state index contributed by atoms with van der Waals surface area (Å²) in [6, 6.07) is 10.6. The number of hydrogen-bond acceptors (Lipinski definition) is 4. The minimum atomic E-state index is -0.216. The van der Waals surface area contributed by atoms with Crippen molar-refractivity contribution in [1.29, 1.82) is 0 Å². The van der Waals surface area contributed by atoms with Gasteiger partial charge in [0.1, 0.15) is 0 Å². The summed E-state index contributed by atoms with van der Waals surface area (Å²) in [6.45, 7) is 4.17. The van der Waals surface area contributed by atoms with Gasteiger partial charge in [0.25, 0.3) is 5.91 Å². The number of rotatable bonds is 7. The van der Waals surface area contributed by atoms with Gasteiger partial charge in [0.2, 0.25) is 11.8 Å². The van der Waals surface area contributed by atoms with Gasteiger partial charge in [-0.2, -0.15) is 0 Å². The number of amides is 2.